The lowest BCUT2D eigenvalue weighted by atomic mass is 9.92. The van der Waals surface area contributed by atoms with Crippen LogP contribution >= 0.6 is 0 Å². The Hall–Kier alpha value is -7.25. The van der Waals surface area contributed by atoms with Gasteiger partial charge in [0.1, 0.15) is 11.5 Å². The SMILES string of the molecule is COc1ccc2cc([Si](c3ccccc3)(c3ccccc3)c3ccccc3)ccc2c1-c1c(OC)ccc2cc([Si](c3ccccc3)(c3ccccc3)c3ccccc3)ccc12. The minimum Gasteiger partial charge on any atom is -0.496 e. The van der Waals surface area contributed by atoms with Crippen LogP contribution < -0.4 is 51.0 Å². The van der Waals surface area contributed by atoms with E-state index in [0.717, 1.165) is 44.2 Å². The molecule has 62 heavy (non-hydrogen) atoms. The van der Waals surface area contributed by atoms with Gasteiger partial charge in [-0.1, -0.05) is 231 Å². The van der Waals surface area contributed by atoms with Gasteiger partial charge in [-0.3, -0.25) is 0 Å². The molecule has 0 saturated carbocycles. The van der Waals surface area contributed by atoms with E-state index in [4.69, 9.17) is 9.47 Å². The zero-order valence-corrected chi connectivity index (χ0v) is 36.9. The molecule has 10 rings (SSSR count). The molecule has 0 aliphatic carbocycles. The van der Waals surface area contributed by atoms with Gasteiger partial charge in [0.2, 0.25) is 0 Å². The van der Waals surface area contributed by atoms with Crippen LogP contribution in [0.4, 0.5) is 0 Å². The summed E-state index contributed by atoms with van der Waals surface area (Å²) >= 11 is 0. The molecule has 0 unspecified atom stereocenters. The van der Waals surface area contributed by atoms with Crippen molar-refractivity contribution in [3.05, 3.63) is 243 Å². The van der Waals surface area contributed by atoms with Crippen molar-refractivity contribution in [1.82, 2.24) is 0 Å². The van der Waals surface area contributed by atoms with Crippen LogP contribution in [0.2, 0.25) is 0 Å². The largest absolute Gasteiger partial charge is 0.496 e. The van der Waals surface area contributed by atoms with E-state index in [1.54, 1.807) is 14.2 Å². The fourth-order valence-electron chi connectivity index (χ4n) is 10.1. The van der Waals surface area contributed by atoms with E-state index < -0.39 is 16.1 Å². The highest BCUT2D eigenvalue weighted by Gasteiger charge is 2.43. The zero-order chi connectivity index (χ0) is 41.9. The second-order valence-electron chi connectivity index (χ2n) is 15.9. The van der Waals surface area contributed by atoms with E-state index in [2.05, 4.69) is 243 Å². The maximum atomic E-state index is 6.27. The van der Waals surface area contributed by atoms with Crippen LogP contribution in [0, 0.1) is 0 Å². The number of methoxy groups -OCH3 is 2. The van der Waals surface area contributed by atoms with Crippen LogP contribution in [-0.2, 0) is 0 Å². The highest BCUT2D eigenvalue weighted by molar-refractivity contribution is 7.20. The molecule has 298 valence electrons. The van der Waals surface area contributed by atoms with Crippen molar-refractivity contribution in [1.29, 1.82) is 0 Å². The molecule has 0 aromatic heterocycles. The monoisotopic (exact) mass is 830 g/mol. The van der Waals surface area contributed by atoms with E-state index in [0.29, 0.717) is 0 Å². The first-order chi connectivity index (χ1) is 30.7. The van der Waals surface area contributed by atoms with Crippen LogP contribution in [-0.4, -0.2) is 30.4 Å². The second kappa shape index (κ2) is 16.7. The maximum Gasteiger partial charge on any atom is 0.179 e. The third-order valence-corrected chi connectivity index (χ3v) is 22.3. The molecular formula is C58H46O2Si2. The predicted molar refractivity (Wildman–Crippen MR) is 267 cm³/mol. The molecular weight excluding hydrogens is 785 g/mol. The molecule has 10 aromatic rings. The van der Waals surface area contributed by atoms with Crippen LogP contribution in [0.25, 0.3) is 32.7 Å². The Labute approximate surface area is 366 Å². The maximum absolute atomic E-state index is 6.27. The molecule has 0 heterocycles. The first-order valence-electron chi connectivity index (χ1n) is 21.2. The average molecular weight is 831 g/mol. The van der Waals surface area contributed by atoms with Crippen molar-refractivity contribution in [2.24, 2.45) is 0 Å². The number of fused-ring (bicyclic) bond motifs is 2. The molecule has 0 aliphatic rings. The third-order valence-electron chi connectivity index (χ3n) is 12.8. The Kier molecular flexibility index (Phi) is 10.5. The fourth-order valence-corrected chi connectivity index (χ4v) is 19.6. The molecule has 2 nitrogen and oxygen atoms in total. The van der Waals surface area contributed by atoms with Gasteiger partial charge in [0.15, 0.2) is 16.1 Å². The molecule has 0 atom stereocenters. The number of hydrogen-bond acceptors (Lipinski definition) is 2. The van der Waals surface area contributed by atoms with Gasteiger partial charge in [0.25, 0.3) is 0 Å². The standard InChI is InChI=1S/C58H46O2Si2/c1-59-55-39-33-43-41-51(61(45-21-9-3-10-22-45,46-23-11-4-12-24-46)47-25-13-5-14-26-47)35-37-53(43)57(55)58-54-38-36-52(42-44(54)34-40-56(58)60-2)62(48-27-15-6-16-28-48,49-29-17-7-18-30-49)50-31-19-8-20-32-50/h3-42H,1-2H3. The summed E-state index contributed by atoms with van der Waals surface area (Å²) in [6, 6.07) is 89.6. The number of benzene rings is 10. The second-order valence-corrected chi connectivity index (χ2v) is 23.5. The molecule has 0 saturated heterocycles. The van der Waals surface area contributed by atoms with Crippen molar-refractivity contribution in [3.8, 4) is 22.6 Å². The average Bonchev–Trinajstić information content (AvgIpc) is 3.36. The lowest BCUT2D eigenvalue weighted by molar-refractivity contribution is 0.411. The smallest absolute Gasteiger partial charge is 0.179 e. The normalized spacial score (nSPS) is 11.7. The first kappa shape index (κ1) is 38.9. The van der Waals surface area contributed by atoms with Crippen molar-refractivity contribution >= 4 is 79.2 Å². The Morgan fingerprint density at radius 2 is 0.516 bits per heavy atom. The van der Waals surface area contributed by atoms with E-state index in [9.17, 15) is 0 Å². The molecule has 0 radical (unpaired) electrons. The molecule has 0 fully saturated rings. The Balaban J connectivity index is 1.23. The summed E-state index contributed by atoms with van der Waals surface area (Å²) in [6.45, 7) is 0. The summed E-state index contributed by atoms with van der Waals surface area (Å²) in [4.78, 5) is 0. The minimum atomic E-state index is -2.76. The van der Waals surface area contributed by atoms with Crippen LogP contribution in [0.5, 0.6) is 11.5 Å². The number of ether oxygens (including phenoxy) is 2. The summed E-state index contributed by atoms with van der Waals surface area (Å²) in [5.41, 5.74) is 2.05. The van der Waals surface area contributed by atoms with Crippen molar-refractivity contribution in [2.45, 2.75) is 0 Å². The summed E-state index contributed by atoms with van der Waals surface area (Å²) in [6.07, 6.45) is 0. The fraction of sp³-hybridized carbons (Fsp3) is 0.0345. The van der Waals surface area contributed by atoms with Gasteiger partial charge >= 0.3 is 0 Å². The van der Waals surface area contributed by atoms with E-state index in [1.807, 2.05) is 0 Å². The molecule has 0 N–H and O–H groups in total. The van der Waals surface area contributed by atoms with E-state index >= 15 is 0 Å². The predicted octanol–water partition coefficient (Wildman–Crippen LogP) is 8.43. The quantitative estimate of drug-likeness (QED) is 0.0964. The third kappa shape index (κ3) is 6.39. The summed E-state index contributed by atoms with van der Waals surface area (Å²) in [7, 11) is -1.97. The van der Waals surface area contributed by atoms with Gasteiger partial charge in [-0.05, 0) is 75.2 Å². The lowest BCUT2D eigenvalue weighted by Crippen LogP contribution is -2.74. The first-order valence-corrected chi connectivity index (χ1v) is 25.2. The van der Waals surface area contributed by atoms with Gasteiger partial charge < -0.3 is 9.47 Å². The van der Waals surface area contributed by atoms with Crippen LogP contribution in [0.1, 0.15) is 0 Å². The summed E-state index contributed by atoms with van der Waals surface area (Å²) < 4.78 is 12.5. The van der Waals surface area contributed by atoms with Crippen molar-refractivity contribution < 1.29 is 9.47 Å². The van der Waals surface area contributed by atoms with Gasteiger partial charge in [0.05, 0.1) is 14.2 Å². The Bertz CT molecular complexity index is 2710. The highest BCUT2D eigenvalue weighted by atomic mass is 28.3. The van der Waals surface area contributed by atoms with Gasteiger partial charge in [-0.2, -0.15) is 0 Å². The Morgan fingerprint density at radius 3 is 0.758 bits per heavy atom. The van der Waals surface area contributed by atoms with Gasteiger partial charge in [0, 0.05) is 11.1 Å². The van der Waals surface area contributed by atoms with Crippen molar-refractivity contribution in [3.63, 3.8) is 0 Å². The van der Waals surface area contributed by atoms with Crippen molar-refractivity contribution in [2.75, 3.05) is 14.2 Å². The lowest BCUT2D eigenvalue weighted by Gasteiger charge is -2.35. The van der Waals surface area contributed by atoms with Gasteiger partial charge in [-0.15, -0.1) is 0 Å². The topological polar surface area (TPSA) is 18.5 Å². The molecule has 0 aliphatic heterocycles. The van der Waals surface area contributed by atoms with Crippen LogP contribution in [0.15, 0.2) is 243 Å². The minimum absolute atomic E-state index is 0.805. The number of hydrogen-bond donors (Lipinski definition) is 0. The Morgan fingerprint density at radius 1 is 0.258 bits per heavy atom. The molecule has 0 spiro atoms. The van der Waals surface area contributed by atoms with Crippen LogP contribution in [0.3, 0.4) is 0 Å². The molecule has 0 bridgehead atoms. The molecule has 0 amide bonds. The zero-order valence-electron chi connectivity index (χ0n) is 34.9. The summed E-state index contributed by atoms with van der Waals surface area (Å²) in [5, 5.41) is 15.2. The van der Waals surface area contributed by atoms with E-state index in [-0.39, 0.29) is 0 Å². The van der Waals surface area contributed by atoms with Gasteiger partial charge in [-0.25, -0.2) is 0 Å². The molecule has 10 aromatic carbocycles. The summed E-state index contributed by atoms with van der Waals surface area (Å²) in [5.74, 6) is 1.61. The highest BCUT2D eigenvalue weighted by Crippen LogP contribution is 2.45. The molecule has 4 heteroatoms. The number of rotatable bonds is 11. The van der Waals surface area contributed by atoms with E-state index in [1.165, 1.54) is 41.5 Å².